The van der Waals surface area contributed by atoms with E-state index in [1.165, 1.54) is 71.7 Å². The first kappa shape index (κ1) is 54.6. The minimum absolute atomic E-state index is 0.0134. The second kappa shape index (κ2) is 21.8. The van der Waals surface area contributed by atoms with Gasteiger partial charge in [-0.2, -0.15) is 0 Å². The summed E-state index contributed by atoms with van der Waals surface area (Å²) >= 11 is 4.33. The maximum absolute atomic E-state index is 14.6. The van der Waals surface area contributed by atoms with E-state index in [0.717, 1.165) is 41.0 Å². The number of fused-ring (bicyclic) bond motifs is 3. The van der Waals surface area contributed by atoms with Crippen LogP contribution in [0.5, 0.6) is 0 Å². The Balaban J connectivity index is 0.000000131. The van der Waals surface area contributed by atoms with E-state index in [9.17, 15) is 26.3 Å². The fourth-order valence-corrected chi connectivity index (χ4v) is 14.2. The van der Waals surface area contributed by atoms with Crippen molar-refractivity contribution in [2.75, 3.05) is 31.3 Å². The third kappa shape index (κ3) is 10.8. The van der Waals surface area contributed by atoms with Gasteiger partial charge in [-0.1, -0.05) is 60.4 Å². The van der Waals surface area contributed by atoms with E-state index in [4.69, 9.17) is 44.7 Å². The Morgan fingerprint density at radius 3 is 1.53 bits per heavy atom. The summed E-state index contributed by atoms with van der Waals surface area (Å²) < 4.78 is 118. The molecule has 0 aliphatic carbocycles. The van der Waals surface area contributed by atoms with Crippen LogP contribution < -0.4 is 17.2 Å². The molecule has 0 spiro atoms. The molecule has 3 fully saturated rings. The quantitative estimate of drug-likeness (QED) is 0.132. The zero-order valence-electron chi connectivity index (χ0n) is 42.4. The molecule has 10 atom stereocenters. The predicted octanol–water partition coefficient (Wildman–Crippen LogP) is 10.6. The van der Waals surface area contributed by atoms with Crippen LogP contribution in [0, 0.1) is 80.4 Å². The molecule has 0 radical (unpaired) electrons. The topological polar surface area (TPSA) is 221 Å². The van der Waals surface area contributed by atoms with Gasteiger partial charge in [0.25, 0.3) is 0 Å². The molecule has 6 N–H and O–H groups in total. The van der Waals surface area contributed by atoms with Gasteiger partial charge in [-0.25, -0.2) is 56.3 Å². The molecule has 24 heteroatoms. The molecular weight excluding hydrogens is 1070 g/mol. The van der Waals surface area contributed by atoms with Crippen molar-refractivity contribution in [1.29, 1.82) is 0 Å². The molecule has 0 amide bonds. The van der Waals surface area contributed by atoms with Gasteiger partial charge >= 0.3 is 0 Å². The van der Waals surface area contributed by atoms with E-state index >= 15 is 0 Å². The second-order valence-corrected chi connectivity index (χ2v) is 23.3. The molecule has 15 nitrogen and oxygen atoms in total. The molecule has 0 bridgehead atoms. The number of benzene rings is 3. The van der Waals surface area contributed by atoms with E-state index < -0.39 is 51.5 Å². The fraction of sp³-hybridized carbons (Fsp3) is 0.434. The molecule has 9 heterocycles. The van der Waals surface area contributed by atoms with Gasteiger partial charge in [-0.05, 0) is 58.2 Å². The lowest BCUT2D eigenvalue weighted by Gasteiger charge is -2.48. The zero-order valence-corrected chi connectivity index (χ0v) is 44.9. The largest absolute Gasteiger partial charge is 0.449 e. The van der Waals surface area contributed by atoms with Crippen molar-refractivity contribution in [3.8, 4) is 0 Å². The summed E-state index contributed by atoms with van der Waals surface area (Å²) in [6.45, 7) is 9.79. The van der Waals surface area contributed by atoms with Gasteiger partial charge in [0.1, 0.15) is 93.8 Å². The summed E-state index contributed by atoms with van der Waals surface area (Å²) in [6.07, 6.45) is 4.00. The molecule has 0 saturated carbocycles. The van der Waals surface area contributed by atoms with Crippen molar-refractivity contribution in [2.45, 2.75) is 94.1 Å². The van der Waals surface area contributed by atoms with Crippen LogP contribution in [0.2, 0.25) is 0 Å². The first-order valence-corrected chi connectivity index (χ1v) is 27.6. The number of rotatable bonds is 6. The fourth-order valence-electron chi connectivity index (χ4n) is 11.1. The normalized spacial score (nSPS) is 29.7. The third-order valence-corrected chi connectivity index (χ3v) is 17.9. The van der Waals surface area contributed by atoms with Crippen molar-refractivity contribution in [1.82, 2.24) is 15.0 Å². The maximum atomic E-state index is 14.6. The molecule has 3 saturated heterocycles. The lowest BCUT2D eigenvalue weighted by atomic mass is 9.72. The Morgan fingerprint density at radius 2 is 1.05 bits per heavy atom. The van der Waals surface area contributed by atoms with Gasteiger partial charge in [-0.15, -0.1) is 0 Å². The summed E-state index contributed by atoms with van der Waals surface area (Å²) in [7, 11) is 0. The standard InChI is InChI=1S/2C18H19F2N3O2S.C17H17F2N3O2S/c1-9-10(2)25-16(22-9)15-5-11-7-26-17(21)23-18(11,8-24-15)13-4-3-12(19)6-14(13)20;1-9-7-24-16(22-9)15-6-13-10(2)26-17(21)23-18(13,8-25-15)12-4-3-11(19)5-14(12)20;1-9-21-14(6-23-9)15-4-10-7-25-16(20)22-17(10,8-24-15)12-3-2-11(18)5-13(12)19/h3-4,6,11,15H,5,7-8H2,1-2H3,(H2,21,23);3-5,7,10,13,15H,6,8H2,1-2H3,(H2,21,23);2-3,5-6,10,15H,4,7-8H2,1H3,(H2,20,22)/t11-,15+,18-;10-,13+,15-,18-;10-,15+,17-/m010/s1. The minimum atomic E-state index is -0.981. The molecule has 77 heavy (non-hydrogen) atoms. The van der Waals surface area contributed by atoms with Crippen molar-refractivity contribution < 1.29 is 53.8 Å². The van der Waals surface area contributed by atoms with Crippen LogP contribution in [0.15, 0.2) is 95.4 Å². The Bertz CT molecular complexity index is 3250. The van der Waals surface area contributed by atoms with E-state index in [1.807, 2.05) is 27.7 Å². The van der Waals surface area contributed by atoms with Crippen LogP contribution in [-0.4, -0.2) is 67.0 Å². The number of aliphatic imine (C=N–C) groups is 3. The number of nitrogens with two attached hydrogens (primary N) is 3. The Morgan fingerprint density at radius 1 is 0.558 bits per heavy atom. The van der Waals surface area contributed by atoms with Gasteiger partial charge < -0.3 is 44.7 Å². The molecule has 6 aliphatic rings. The lowest BCUT2D eigenvalue weighted by molar-refractivity contribution is -0.0749. The highest BCUT2D eigenvalue weighted by molar-refractivity contribution is 8.14. The van der Waals surface area contributed by atoms with Crippen molar-refractivity contribution in [3.05, 3.63) is 159 Å². The van der Waals surface area contributed by atoms with Crippen LogP contribution >= 0.6 is 35.3 Å². The number of oxazole rings is 3. The number of halogens is 6. The highest BCUT2D eigenvalue weighted by Crippen LogP contribution is 2.54. The Kier molecular flexibility index (Phi) is 15.4. The van der Waals surface area contributed by atoms with Crippen molar-refractivity contribution >= 4 is 50.8 Å². The molecule has 0 unspecified atom stereocenters. The highest BCUT2D eigenvalue weighted by atomic mass is 32.2. The third-order valence-electron chi connectivity index (χ3n) is 15.0. The molecule has 6 aliphatic heterocycles. The molecule has 6 aromatic rings. The lowest BCUT2D eigenvalue weighted by Crippen LogP contribution is -2.51. The van der Waals surface area contributed by atoms with Crippen LogP contribution in [0.4, 0.5) is 26.3 Å². The van der Waals surface area contributed by atoms with Gasteiger partial charge in [-0.3, -0.25) is 0 Å². The minimum Gasteiger partial charge on any atom is -0.449 e. The molecule has 3 aromatic carbocycles. The Labute approximate surface area is 452 Å². The number of aromatic nitrogens is 3. The molecule has 3 aromatic heterocycles. The second-order valence-electron chi connectivity index (χ2n) is 19.9. The number of ether oxygens (including phenoxy) is 3. The first-order valence-electron chi connectivity index (χ1n) is 24.7. The van der Waals surface area contributed by atoms with E-state index in [1.54, 1.807) is 19.5 Å². The first-order chi connectivity index (χ1) is 36.7. The number of amidine groups is 3. The number of thioether (sulfide) groups is 3. The van der Waals surface area contributed by atoms with Gasteiger partial charge in [0.15, 0.2) is 21.4 Å². The average molecular weight is 1120 g/mol. The zero-order chi connectivity index (χ0) is 54.6. The monoisotopic (exact) mass is 1120 g/mol. The van der Waals surface area contributed by atoms with Crippen LogP contribution in [0.25, 0.3) is 0 Å². The highest BCUT2D eigenvalue weighted by Gasteiger charge is 2.54. The van der Waals surface area contributed by atoms with E-state index in [-0.39, 0.29) is 61.1 Å². The number of aryl methyl sites for hydroxylation is 4. The molecular formula is C53H55F6N9O6S3. The smallest absolute Gasteiger partial charge is 0.223 e. The van der Waals surface area contributed by atoms with Gasteiger partial charge in [0, 0.05) is 76.3 Å². The maximum Gasteiger partial charge on any atom is 0.223 e. The van der Waals surface area contributed by atoms with Gasteiger partial charge in [0.2, 0.25) is 11.8 Å². The van der Waals surface area contributed by atoms with Crippen LogP contribution in [0.1, 0.15) is 102 Å². The van der Waals surface area contributed by atoms with Crippen LogP contribution in [0.3, 0.4) is 0 Å². The van der Waals surface area contributed by atoms with E-state index in [2.05, 4.69) is 29.9 Å². The number of hydrogen-bond acceptors (Lipinski definition) is 18. The molecule has 12 rings (SSSR count). The summed E-state index contributed by atoms with van der Waals surface area (Å²) in [4.78, 5) is 26.8. The summed E-state index contributed by atoms with van der Waals surface area (Å²) in [5.74, 6) is -0.173. The van der Waals surface area contributed by atoms with Crippen molar-refractivity contribution in [2.24, 2.45) is 49.9 Å². The van der Waals surface area contributed by atoms with Crippen LogP contribution in [-0.2, 0) is 30.8 Å². The average Bonchev–Trinajstić information content (AvgIpc) is 4.19. The summed E-state index contributed by atoms with van der Waals surface area (Å²) in [6, 6.07) is 10.7. The SMILES string of the molecule is Cc1coc([C@H]2C[C@H]3[C@@H](C)SC(N)=N[C@@]3(c3ccc(F)cc3F)CO2)n1.Cc1nc([C@H]2C[C@H]3CSC(N)=N[C@@]3(c3ccc(F)cc3F)CO2)co1.Cc1nc([C@H]2C[C@H]3CSC(N)=N[C@@]3(c3ccc(F)cc3F)CO2)oc1C. The number of hydrogen-bond donors (Lipinski definition) is 3. The van der Waals surface area contributed by atoms with Gasteiger partial charge in [0.05, 0.1) is 31.2 Å². The summed E-state index contributed by atoms with van der Waals surface area (Å²) in [5, 5.41) is 1.24. The van der Waals surface area contributed by atoms with Crippen molar-refractivity contribution in [3.63, 3.8) is 0 Å². The summed E-state index contributed by atoms with van der Waals surface area (Å²) in [5.41, 5.74) is 18.3. The number of nitrogens with zero attached hydrogens (tertiary/aromatic N) is 6. The van der Waals surface area contributed by atoms with E-state index in [0.29, 0.717) is 80.6 Å². The molecule has 408 valence electrons. The Hall–Kier alpha value is -5.79. The predicted molar refractivity (Wildman–Crippen MR) is 280 cm³/mol.